The van der Waals surface area contributed by atoms with E-state index in [4.69, 9.17) is 0 Å². The monoisotopic (exact) mass is 309 g/mol. The van der Waals surface area contributed by atoms with Crippen molar-refractivity contribution in [3.63, 3.8) is 0 Å². The van der Waals surface area contributed by atoms with Gasteiger partial charge in [-0.3, -0.25) is 0 Å². The number of halogens is 1. The fourth-order valence-corrected chi connectivity index (χ4v) is 2.24. The third-order valence-corrected chi connectivity index (χ3v) is 3.35. The molecule has 1 unspecified atom stereocenters. The summed E-state index contributed by atoms with van der Waals surface area (Å²) in [6.45, 7) is 2.62. The van der Waals surface area contributed by atoms with E-state index in [1.54, 1.807) is 4.80 Å². The van der Waals surface area contributed by atoms with E-state index in [-0.39, 0.29) is 0 Å². The van der Waals surface area contributed by atoms with Gasteiger partial charge in [0.25, 0.3) is 0 Å². The van der Waals surface area contributed by atoms with Gasteiger partial charge in [0.2, 0.25) is 0 Å². The van der Waals surface area contributed by atoms with E-state index in [2.05, 4.69) is 38.3 Å². The van der Waals surface area contributed by atoms with Crippen LogP contribution in [0.25, 0.3) is 0 Å². The molecule has 0 saturated heterocycles. The maximum Gasteiger partial charge on any atom is 0.154 e. The van der Waals surface area contributed by atoms with E-state index < -0.39 is 6.10 Å². The Labute approximate surface area is 115 Å². The topological polar surface area (TPSA) is 50.9 Å². The minimum Gasteiger partial charge on any atom is -0.387 e. The molecule has 4 nitrogen and oxygen atoms in total. The van der Waals surface area contributed by atoms with Crippen molar-refractivity contribution in [2.75, 3.05) is 0 Å². The van der Waals surface area contributed by atoms with Crippen molar-refractivity contribution < 1.29 is 5.11 Å². The molecule has 0 fully saturated rings. The third-order valence-electron chi connectivity index (χ3n) is 2.78. The Kier molecular flexibility index (Phi) is 4.49. The zero-order valence-electron chi connectivity index (χ0n) is 10.3. The molecule has 0 aliphatic heterocycles. The largest absolute Gasteiger partial charge is 0.387 e. The van der Waals surface area contributed by atoms with E-state index >= 15 is 0 Å². The first-order valence-electron chi connectivity index (χ1n) is 6.03. The van der Waals surface area contributed by atoms with Gasteiger partial charge in [0.15, 0.2) is 4.60 Å². The van der Waals surface area contributed by atoms with Crippen LogP contribution < -0.4 is 0 Å². The Morgan fingerprint density at radius 2 is 2.00 bits per heavy atom. The molecule has 1 aromatic heterocycles. The van der Waals surface area contributed by atoms with Crippen LogP contribution in [0.2, 0.25) is 0 Å². The number of rotatable bonds is 5. The van der Waals surface area contributed by atoms with Crippen LogP contribution in [0.4, 0.5) is 0 Å². The summed E-state index contributed by atoms with van der Waals surface area (Å²) in [5, 5.41) is 18.3. The Morgan fingerprint density at radius 3 is 2.67 bits per heavy atom. The van der Waals surface area contributed by atoms with E-state index in [1.165, 1.54) is 5.56 Å². The van der Waals surface area contributed by atoms with Crippen molar-refractivity contribution in [1.29, 1.82) is 0 Å². The lowest BCUT2D eigenvalue weighted by atomic mass is 10.2. The first-order valence-corrected chi connectivity index (χ1v) is 6.82. The minimum atomic E-state index is -0.551. The van der Waals surface area contributed by atoms with Crippen molar-refractivity contribution in [3.05, 3.63) is 46.2 Å². The molecule has 0 aliphatic carbocycles. The molecule has 1 atom stereocenters. The number of hydrogen-bond donors (Lipinski definition) is 1. The predicted molar refractivity (Wildman–Crippen MR) is 73.1 cm³/mol. The molecular weight excluding hydrogens is 294 g/mol. The molecule has 0 aliphatic rings. The number of aryl methyl sites for hydroxylation is 2. The molecule has 18 heavy (non-hydrogen) atoms. The second-order valence-electron chi connectivity index (χ2n) is 4.13. The highest BCUT2D eigenvalue weighted by molar-refractivity contribution is 9.10. The van der Waals surface area contributed by atoms with Crippen LogP contribution in [-0.2, 0) is 13.0 Å². The van der Waals surface area contributed by atoms with Crippen molar-refractivity contribution in [3.8, 4) is 0 Å². The molecule has 1 N–H and O–H groups in total. The van der Waals surface area contributed by atoms with E-state index in [9.17, 15) is 5.11 Å². The van der Waals surface area contributed by atoms with Crippen LogP contribution in [0.15, 0.2) is 34.9 Å². The van der Waals surface area contributed by atoms with Crippen molar-refractivity contribution >= 4 is 15.9 Å². The van der Waals surface area contributed by atoms with Crippen LogP contribution in [0, 0.1) is 0 Å². The fourth-order valence-electron chi connectivity index (χ4n) is 1.71. The lowest BCUT2D eigenvalue weighted by Crippen LogP contribution is -2.06. The Bertz CT molecular complexity index is 498. The van der Waals surface area contributed by atoms with Crippen LogP contribution in [0.3, 0.4) is 0 Å². The van der Waals surface area contributed by atoms with Gasteiger partial charge in [-0.15, -0.1) is 5.10 Å². The molecule has 0 spiro atoms. The summed E-state index contributed by atoms with van der Waals surface area (Å²) in [7, 11) is 0. The fraction of sp³-hybridized carbons (Fsp3) is 0.385. The number of aromatic nitrogens is 3. The summed E-state index contributed by atoms with van der Waals surface area (Å²) in [5.74, 6) is 0. The van der Waals surface area contributed by atoms with Gasteiger partial charge in [-0.1, -0.05) is 37.3 Å². The summed E-state index contributed by atoms with van der Waals surface area (Å²) in [6.07, 6.45) is 0.962. The quantitative estimate of drug-likeness (QED) is 0.924. The smallest absolute Gasteiger partial charge is 0.154 e. The molecule has 5 heteroatoms. The average molecular weight is 310 g/mol. The Balaban J connectivity index is 2.02. The molecule has 0 bridgehead atoms. The Morgan fingerprint density at radius 1 is 1.28 bits per heavy atom. The van der Waals surface area contributed by atoms with Crippen molar-refractivity contribution in [1.82, 2.24) is 15.0 Å². The lowest BCUT2D eigenvalue weighted by molar-refractivity contribution is 0.167. The van der Waals surface area contributed by atoms with E-state index in [1.807, 2.05) is 25.1 Å². The molecular formula is C13H16BrN3O. The van der Waals surface area contributed by atoms with Gasteiger partial charge < -0.3 is 5.11 Å². The summed E-state index contributed by atoms with van der Waals surface area (Å²) in [5.41, 5.74) is 1.87. The zero-order chi connectivity index (χ0) is 13.0. The van der Waals surface area contributed by atoms with Crippen LogP contribution in [0.5, 0.6) is 0 Å². The summed E-state index contributed by atoms with van der Waals surface area (Å²) in [6, 6.07) is 10.2. The predicted octanol–water partition coefficient (Wildman–Crippen LogP) is 2.73. The highest BCUT2D eigenvalue weighted by Gasteiger charge is 2.15. The molecule has 96 valence electrons. The van der Waals surface area contributed by atoms with Crippen LogP contribution in [0.1, 0.15) is 30.7 Å². The van der Waals surface area contributed by atoms with Crippen LogP contribution in [-0.4, -0.2) is 20.1 Å². The number of hydrogen-bond acceptors (Lipinski definition) is 3. The van der Waals surface area contributed by atoms with Crippen molar-refractivity contribution in [2.45, 2.75) is 32.4 Å². The average Bonchev–Trinajstić information content (AvgIpc) is 2.78. The second kappa shape index (κ2) is 6.11. The number of nitrogens with zero attached hydrogens (tertiary/aromatic N) is 3. The summed E-state index contributed by atoms with van der Waals surface area (Å²) < 4.78 is 0.630. The Hall–Kier alpha value is -1.20. The number of aliphatic hydroxyl groups is 1. The summed E-state index contributed by atoms with van der Waals surface area (Å²) in [4.78, 5) is 1.63. The van der Waals surface area contributed by atoms with Gasteiger partial charge >= 0.3 is 0 Å². The lowest BCUT2D eigenvalue weighted by Gasteiger charge is -2.02. The number of benzene rings is 1. The van der Waals surface area contributed by atoms with Gasteiger partial charge in [0, 0.05) is 0 Å². The first kappa shape index (κ1) is 13.2. The summed E-state index contributed by atoms with van der Waals surface area (Å²) >= 11 is 3.33. The normalized spacial score (nSPS) is 12.6. The molecule has 1 heterocycles. The highest BCUT2D eigenvalue weighted by atomic mass is 79.9. The van der Waals surface area contributed by atoms with E-state index in [0.29, 0.717) is 23.3 Å². The molecule has 0 radical (unpaired) electrons. The molecule has 2 rings (SSSR count). The van der Waals surface area contributed by atoms with Gasteiger partial charge in [0.1, 0.15) is 11.8 Å². The van der Waals surface area contributed by atoms with Gasteiger partial charge in [0.05, 0.1) is 6.54 Å². The van der Waals surface area contributed by atoms with Gasteiger partial charge in [-0.2, -0.15) is 9.90 Å². The number of aliphatic hydroxyl groups excluding tert-OH is 1. The maximum atomic E-state index is 9.76. The van der Waals surface area contributed by atoms with E-state index in [0.717, 1.165) is 6.42 Å². The maximum absolute atomic E-state index is 9.76. The first-order chi connectivity index (χ1) is 8.70. The molecule has 0 saturated carbocycles. The van der Waals surface area contributed by atoms with Crippen molar-refractivity contribution in [2.24, 2.45) is 0 Å². The molecule has 1 aromatic carbocycles. The van der Waals surface area contributed by atoms with Gasteiger partial charge in [-0.05, 0) is 34.3 Å². The molecule has 2 aromatic rings. The highest BCUT2D eigenvalue weighted by Crippen LogP contribution is 2.21. The zero-order valence-corrected chi connectivity index (χ0v) is 11.8. The SMILES string of the molecule is CCC(O)c1nn(CCc2ccccc2)nc1Br. The second-order valence-corrected chi connectivity index (χ2v) is 4.88. The molecule has 0 amide bonds. The standard InChI is InChI=1S/C13H16BrN3O/c1-2-11(18)12-13(14)16-17(15-12)9-8-10-6-4-3-5-7-10/h3-7,11,18H,2,8-9H2,1H3. The van der Waals surface area contributed by atoms with Gasteiger partial charge in [-0.25, -0.2) is 0 Å². The minimum absolute atomic E-state index is 0.551. The van der Waals surface area contributed by atoms with Crippen LogP contribution >= 0.6 is 15.9 Å². The third kappa shape index (κ3) is 3.17.